The van der Waals surface area contributed by atoms with Gasteiger partial charge in [-0.25, -0.2) is 4.98 Å². The molecule has 134 valence electrons. The lowest BCUT2D eigenvalue weighted by Crippen LogP contribution is -2.28. The van der Waals surface area contributed by atoms with Crippen LogP contribution in [0.3, 0.4) is 0 Å². The van der Waals surface area contributed by atoms with Gasteiger partial charge in [-0.3, -0.25) is 9.89 Å². The SMILES string of the molecule is CC(C)c1nc(SCC(=O)N[C@@H](C)c2ccc3c(c2)CCCC3)n[nH]1. The quantitative estimate of drug-likeness (QED) is 0.771. The fourth-order valence-electron chi connectivity index (χ4n) is 3.10. The Morgan fingerprint density at radius 1 is 1.24 bits per heavy atom. The first-order valence-corrected chi connectivity index (χ1v) is 9.97. The third kappa shape index (κ3) is 4.63. The molecular formula is C19H26N4OS. The van der Waals surface area contributed by atoms with Gasteiger partial charge in [-0.2, -0.15) is 0 Å². The predicted molar refractivity (Wildman–Crippen MR) is 101 cm³/mol. The standard InChI is InChI=1S/C19H26N4OS/c1-12(2)18-21-19(23-22-18)25-11-17(24)20-13(3)15-9-8-14-6-4-5-7-16(14)10-15/h8-10,12-13H,4-7,11H2,1-3H3,(H,20,24)(H,21,22,23)/t13-/m0/s1. The van der Waals surface area contributed by atoms with Crippen LogP contribution < -0.4 is 5.32 Å². The van der Waals surface area contributed by atoms with Crippen LogP contribution in [0.5, 0.6) is 0 Å². The monoisotopic (exact) mass is 358 g/mol. The molecule has 0 saturated heterocycles. The number of hydrogen-bond acceptors (Lipinski definition) is 4. The van der Waals surface area contributed by atoms with E-state index in [1.807, 2.05) is 6.92 Å². The Morgan fingerprint density at radius 2 is 2.00 bits per heavy atom. The summed E-state index contributed by atoms with van der Waals surface area (Å²) < 4.78 is 0. The first kappa shape index (κ1) is 18.0. The van der Waals surface area contributed by atoms with E-state index in [0.29, 0.717) is 16.8 Å². The molecule has 0 aliphatic heterocycles. The van der Waals surface area contributed by atoms with Crippen molar-refractivity contribution in [3.05, 3.63) is 40.7 Å². The van der Waals surface area contributed by atoms with Gasteiger partial charge >= 0.3 is 0 Å². The normalized spacial score (nSPS) is 15.0. The zero-order valence-electron chi connectivity index (χ0n) is 15.1. The molecule has 1 aliphatic rings. The molecule has 0 radical (unpaired) electrons. The molecule has 6 heteroatoms. The molecule has 2 N–H and O–H groups in total. The minimum absolute atomic E-state index is 0.00566. The number of aromatic amines is 1. The number of fused-ring (bicyclic) bond motifs is 1. The maximum absolute atomic E-state index is 12.2. The van der Waals surface area contributed by atoms with Gasteiger partial charge in [0.1, 0.15) is 5.82 Å². The van der Waals surface area contributed by atoms with Gasteiger partial charge in [0.05, 0.1) is 11.8 Å². The summed E-state index contributed by atoms with van der Waals surface area (Å²) in [6.07, 6.45) is 4.89. The van der Waals surface area contributed by atoms with Crippen molar-refractivity contribution < 1.29 is 4.79 Å². The minimum atomic E-state index is 0.00566. The molecule has 1 amide bonds. The second kappa shape index (κ2) is 8.04. The van der Waals surface area contributed by atoms with Crippen LogP contribution in [0.1, 0.15) is 68.1 Å². The van der Waals surface area contributed by atoms with Crippen LogP contribution in [0, 0.1) is 0 Å². The minimum Gasteiger partial charge on any atom is -0.349 e. The Morgan fingerprint density at radius 3 is 2.72 bits per heavy atom. The molecule has 0 fully saturated rings. The van der Waals surface area contributed by atoms with E-state index in [-0.39, 0.29) is 11.9 Å². The third-order valence-corrected chi connectivity index (χ3v) is 5.46. The molecule has 25 heavy (non-hydrogen) atoms. The molecule has 1 aromatic carbocycles. The molecule has 1 aliphatic carbocycles. The fraction of sp³-hybridized carbons (Fsp3) is 0.526. The number of benzene rings is 1. The maximum Gasteiger partial charge on any atom is 0.230 e. The lowest BCUT2D eigenvalue weighted by atomic mass is 9.89. The maximum atomic E-state index is 12.2. The largest absolute Gasteiger partial charge is 0.349 e. The van der Waals surface area contributed by atoms with E-state index in [9.17, 15) is 4.79 Å². The molecule has 0 unspecified atom stereocenters. The summed E-state index contributed by atoms with van der Waals surface area (Å²) >= 11 is 1.36. The fourth-order valence-corrected chi connectivity index (χ4v) is 3.72. The predicted octanol–water partition coefficient (Wildman–Crippen LogP) is 3.78. The molecular weight excluding hydrogens is 332 g/mol. The highest BCUT2D eigenvalue weighted by molar-refractivity contribution is 7.99. The third-order valence-electron chi connectivity index (χ3n) is 4.61. The average Bonchev–Trinajstić information content (AvgIpc) is 3.09. The van der Waals surface area contributed by atoms with Gasteiger partial charge in [0, 0.05) is 5.92 Å². The number of rotatable bonds is 6. The van der Waals surface area contributed by atoms with E-state index in [4.69, 9.17) is 0 Å². The van der Waals surface area contributed by atoms with Crippen molar-refractivity contribution in [2.24, 2.45) is 0 Å². The van der Waals surface area contributed by atoms with Crippen molar-refractivity contribution in [2.75, 3.05) is 5.75 Å². The van der Waals surface area contributed by atoms with E-state index in [2.05, 4.69) is 52.5 Å². The summed E-state index contributed by atoms with van der Waals surface area (Å²) in [5.41, 5.74) is 4.09. The van der Waals surface area contributed by atoms with Crippen molar-refractivity contribution in [1.82, 2.24) is 20.5 Å². The molecule has 1 atom stereocenters. The number of thioether (sulfide) groups is 1. The van der Waals surface area contributed by atoms with Gasteiger partial charge in [-0.05, 0) is 49.3 Å². The number of nitrogens with zero attached hydrogens (tertiary/aromatic N) is 2. The van der Waals surface area contributed by atoms with E-state index < -0.39 is 0 Å². The first-order chi connectivity index (χ1) is 12.0. The van der Waals surface area contributed by atoms with Gasteiger partial charge in [0.25, 0.3) is 0 Å². The van der Waals surface area contributed by atoms with E-state index in [1.165, 1.54) is 47.7 Å². The Labute approximate surface area is 153 Å². The number of carbonyl (C=O) groups is 1. The number of nitrogens with one attached hydrogen (secondary N) is 2. The summed E-state index contributed by atoms with van der Waals surface area (Å²) in [7, 11) is 0. The van der Waals surface area contributed by atoms with Crippen molar-refractivity contribution in [3.63, 3.8) is 0 Å². The van der Waals surface area contributed by atoms with Crippen LogP contribution in [0.4, 0.5) is 0 Å². The van der Waals surface area contributed by atoms with Crippen molar-refractivity contribution in [1.29, 1.82) is 0 Å². The molecule has 0 saturated carbocycles. The summed E-state index contributed by atoms with van der Waals surface area (Å²) in [6.45, 7) is 6.15. The number of amides is 1. The van der Waals surface area contributed by atoms with Crippen LogP contribution in [0.2, 0.25) is 0 Å². The number of aromatic nitrogens is 3. The molecule has 5 nitrogen and oxygen atoms in total. The van der Waals surface area contributed by atoms with E-state index >= 15 is 0 Å². The Balaban J connectivity index is 1.53. The lowest BCUT2D eigenvalue weighted by molar-refractivity contribution is -0.119. The Hall–Kier alpha value is -1.82. The van der Waals surface area contributed by atoms with Crippen LogP contribution >= 0.6 is 11.8 Å². The molecule has 0 spiro atoms. The number of hydrogen-bond donors (Lipinski definition) is 2. The highest BCUT2D eigenvalue weighted by Crippen LogP contribution is 2.25. The van der Waals surface area contributed by atoms with Gasteiger partial charge in [0.15, 0.2) is 0 Å². The highest BCUT2D eigenvalue weighted by atomic mass is 32.2. The summed E-state index contributed by atoms with van der Waals surface area (Å²) in [4.78, 5) is 16.6. The van der Waals surface area contributed by atoms with Crippen molar-refractivity contribution in [2.45, 2.75) is 63.6 Å². The first-order valence-electron chi connectivity index (χ1n) is 8.99. The highest BCUT2D eigenvalue weighted by Gasteiger charge is 2.15. The van der Waals surface area contributed by atoms with E-state index in [0.717, 1.165) is 12.2 Å². The number of H-pyrrole nitrogens is 1. The summed E-state index contributed by atoms with van der Waals surface area (Å²) in [5.74, 6) is 1.49. The Bertz CT molecular complexity index is 741. The van der Waals surface area contributed by atoms with Crippen LogP contribution in [0.25, 0.3) is 0 Å². The number of carbonyl (C=O) groups excluding carboxylic acids is 1. The average molecular weight is 359 g/mol. The van der Waals surface area contributed by atoms with E-state index in [1.54, 1.807) is 0 Å². The second-order valence-electron chi connectivity index (χ2n) is 6.97. The lowest BCUT2D eigenvalue weighted by Gasteiger charge is -2.20. The molecule has 0 bridgehead atoms. The molecule has 1 heterocycles. The number of aryl methyl sites for hydroxylation is 2. The molecule has 1 aromatic heterocycles. The van der Waals surface area contributed by atoms with Crippen LogP contribution in [-0.2, 0) is 17.6 Å². The van der Waals surface area contributed by atoms with Crippen LogP contribution in [-0.4, -0.2) is 26.8 Å². The van der Waals surface area contributed by atoms with Gasteiger partial charge in [-0.1, -0.05) is 43.8 Å². The molecule has 3 rings (SSSR count). The summed E-state index contributed by atoms with van der Waals surface area (Å²) in [6, 6.07) is 6.64. The smallest absolute Gasteiger partial charge is 0.230 e. The van der Waals surface area contributed by atoms with Gasteiger partial charge in [0.2, 0.25) is 11.1 Å². The Kier molecular flexibility index (Phi) is 5.78. The van der Waals surface area contributed by atoms with Gasteiger partial charge < -0.3 is 5.32 Å². The van der Waals surface area contributed by atoms with Crippen molar-refractivity contribution >= 4 is 17.7 Å². The van der Waals surface area contributed by atoms with Gasteiger partial charge in [-0.15, -0.1) is 5.10 Å². The second-order valence-corrected chi connectivity index (χ2v) is 7.91. The summed E-state index contributed by atoms with van der Waals surface area (Å²) in [5, 5.41) is 10.8. The molecule has 2 aromatic rings. The van der Waals surface area contributed by atoms with Crippen LogP contribution in [0.15, 0.2) is 23.4 Å². The topological polar surface area (TPSA) is 70.7 Å². The van der Waals surface area contributed by atoms with Crippen molar-refractivity contribution in [3.8, 4) is 0 Å². The zero-order chi connectivity index (χ0) is 17.8. The zero-order valence-corrected chi connectivity index (χ0v) is 15.9.